The van der Waals surface area contributed by atoms with Crippen LogP contribution in [0.5, 0.6) is 0 Å². The van der Waals surface area contributed by atoms with Gasteiger partial charge >= 0.3 is 0 Å². The Morgan fingerprint density at radius 2 is 2.20 bits per heavy atom. The highest BCUT2D eigenvalue weighted by Crippen LogP contribution is 2.41. The second kappa shape index (κ2) is 3.42. The Hall–Kier alpha value is -1.22. The highest BCUT2D eigenvalue weighted by atomic mass is 15.2. The van der Waals surface area contributed by atoms with Crippen LogP contribution in [0.4, 0.5) is 0 Å². The summed E-state index contributed by atoms with van der Waals surface area (Å²) in [6, 6.07) is 0.662. The van der Waals surface area contributed by atoms with Gasteiger partial charge in [-0.05, 0) is 24.5 Å². The first-order valence-electron chi connectivity index (χ1n) is 5.59. The molecule has 3 nitrogen and oxygen atoms in total. The zero-order valence-corrected chi connectivity index (χ0v) is 8.93. The Balaban J connectivity index is 1.90. The zero-order chi connectivity index (χ0) is 10.3. The third-order valence-corrected chi connectivity index (χ3v) is 3.56. The molecule has 0 N–H and O–H groups in total. The molecule has 1 fully saturated rings. The van der Waals surface area contributed by atoms with E-state index in [1.165, 1.54) is 24.1 Å². The van der Waals surface area contributed by atoms with Crippen LogP contribution in [0.2, 0.25) is 0 Å². The molecule has 3 heteroatoms. The summed E-state index contributed by atoms with van der Waals surface area (Å²) in [5.41, 5.74) is 2.67. The van der Waals surface area contributed by atoms with Crippen LogP contribution in [0.1, 0.15) is 18.9 Å². The maximum atomic E-state index is 4.09. The van der Waals surface area contributed by atoms with Crippen molar-refractivity contribution in [1.82, 2.24) is 14.9 Å². The molecule has 2 unspecified atom stereocenters. The molecule has 1 aromatic heterocycles. The van der Waals surface area contributed by atoms with Crippen molar-refractivity contribution >= 4 is 5.57 Å². The largest absolute Gasteiger partial charge is 0.297 e. The van der Waals surface area contributed by atoms with Gasteiger partial charge in [-0.25, -0.2) is 9.97 Å². The van der Waals surface area contributed by atoms with Crippen molar-refractivity contribution in [3.63, 3.8) is 0 Å². The van der Waals surface area contributed by atoms with Gasteiger partial charge in [0.15, 0.2) is 0 Å². The topological polar surface area (TPSA) is 29.0 Å². The average molecular weight is 201 g/mol. The van der Waals surface area contributed by atoms with Gasteiger partial charge in [-0.1, -0.05) is 13.0 Å². The first-order chi connectivity index (χ1) is 7.38. The van der Waals surface area contributed by atoms with E-state index in [1.54, 1.807) is 6.33 Å². The molecule has 78 valence electrons. The predicted molar refractivity (Wildman–Crippen MR) is 59.2 cm³/mol. The van der Waals surface area contributed by atoms with E-state index in [9.17, 15) is 0 Å². The Morgan fingerprint density at radius 3 is 2.80 bits per heavy atom. The zero-order valence-electron chi connectivity index (χ0n) is 8.93. The van der Waals surface area contributed by atoms with Gasteiger partial charge in [0.05, 0.1) is 0 Å². The molecule has 2 bridgehead atoms. The van der Waals surface area contributed by atoms with Gasteiger partial charge < -0.3 is 0 Å². The molecule has 3 rings (SSSR count). The molecule has 2 atom stereocenters. The van der Waals surface area contributed by atoms with E-state index >= 15 is 0 Å². The summed E-state index contributed by atoms with van der Waals surface area (Å²) in [5.74, 6) is 0.709. The van der Waals surface area contributed by atoms with E-state index in [0.29, 0.717) is 12.0 Å². The molecule has 0 spiro atoms. The minimum absolute atomic E-state index is 0.662. The van der Waals surface area contributed by atoms with Gasteiger partial charge in [0, 0.05) is 30.5 Å². The van der Waals surface area contributed by atoms with Crippen LogP contribution < -0.4 is 0 Å². The number of likely N-dealkylation sites (N-methyl/N-ethyl adjacent to an activating group) is 1. The molecular formula is C12H15N3. The Kier molecular flexibility index (Phi) is 2.06. The fourth-order valence-electron chi connectivity index (χ4n) is 2.82. The Labute approximate surface area is 89.8 Å². The van der Waals surface area contributed by atoms with E-state index in [2.05, 4.69) is 27.9 Å². The molecule has 15 heavy (non-hydrogen) atoms. The molecular weight excluding hydrogens is 186 g/mol. The van der Waals surface area contributed by atoms with Gasteiger partial charge in [-0.15, -0.1) is 0 Å². The summed E-state index contributed by atoms with van der Waals surface area (Å²) in [5, 5.41) is 0. The van der Waals surface area contributed by atoms with Crippen LogP contribution in [0.25, 0.3) is 5.57 Å². The minimum Gasteiger partial charge on any atom is -0.297 e. The summed E-state index contributed by atoms with van der Waals surface area (Å²) >= 11 is 0. The van der Waals surface area contributed by atoms with E-state index in [1.807, 2.05) is 12.4 Å². The van der Waals surface area contributed by atoms with Crippen molar-refractivity contribution in [2.24, 2.45) is 5.92 Å². The molecule has 2 heterocycles. The van der Waals surface area contributed by atoms with Crippen molar-refractivity contribution < 1.29 is 0 Å². The highest BCUT2D eigenvalue weighted by molar-refractivity contribution is 5.70. The predicted octanol–water partition coefficient (Wildman–Crippen LogP) is 1.58. The number of aromatic nitrogens is 2. The third kappa shape index (κ3) is 1.38. The van der Waals surface area contributed by atoms with Gasteiger partial charge in [-0.3, -0.25) is 4.90 Å². The number of fused-ring (bicyclic) bond motifs is 2. The number of hydrogen-bond acceptors (Lipinski definition) is 3. The maximum Gasteiger partial charge on any atom is 0.115 e. The number of hydrogen-bond donors (Lipinski definition) is 0. The van der Waals surface area contributed by atoms with Crippen molar-refractivity contribution in [1.29, 1.82) is 0 Å². The summed E-state index contributed by atoms with van der Waals surface area (Å²) in [4.78, 5) is 10.7. The van der Waals surface area contributed by atoms with Crippen LogP contribution in [-0.2, 0) is 0 Å². The fourth-order valence-corrected chi connectivity index (χ4v) is 2.82. The van der Waals surface area contributed by atoms with Crippen LogP contribution in [0, 0.1) is 5.92 Å². The lowest BCUT2D eigenvalue weighted by molar-refractivity contribution is 0.297. The fraction of sp³-hybridized carbons (Fsp3) is 0.500. The molecule has 0 amide bonds. The molecule has 0 aromatic carbocycles. The number of likely N-dealkylation sites (tertiary alicyclic amines) is 1. The van der Waals surface area contributed by atoms with Crippen molar-refractivity contribution in [2.45, 2.75) is 19.4 Å². The van der Waals surface area contributed by atoms with Crippen LogP contribution >= 0.6 is 0 Å². The lowest BCUT2D eigenvalue weighted by Gasteiger charge is -2.24. The second-order valence-corrected chi connectivity index (χ2v) is 4.34. The molecule has 2 aliphatic rings. The third-order valence-electron chi connectivity index (χ3n) is 3.56. The lowest BCUT2D eigenvalue weighted by Crippen LogP contribution is -2.30. The van der Waals surface area contributed by atoms with Gasteiger partial charge in [0.1, 0.15) is 6.33 Å². The van der Waals surface area contributed by atoms with E-state index in [0.717, 1.165) is 6.54 Å². The summed E-state index contributed by atoms with van der Waals surface area (Å²) in [7, 11) is 0. The van der Waals surface area contributed by atoms with Crippen LogP contribution in [0.3, 0.4) is 0 Å². The van der Waals surface area contributed by atoms with Gasteiger partial charge in [0.25, 0.3) is 0 Å². The second-order valence-electron chi connectivity index (χ2n) is 4.34. The monoisotopic (exact) mass is 201 g/mol. The van der Waals surface area contributed by atoms with E-state index in [-0.39, 0.29) is 0 Å². The summed E-state index contributed by atoms with van der Waals surface area (Å²) in [6.45, 7) is 4.61. The molecule has 1 aromatic rings. The van der Waals surface area contributed by atoms with Crippen molar-refractivity contribution in [2.75, 3.05) is 13.1 Å². The molecule has 1 saturated heterocycles. The van der Waals surface area contributed by atoms with Gasteiger partial charge in [-0.2, -0.15) is 0 Å². The smallest absolute Gasteiger partial charge is 0.115 e. The minimum atomic E-state index is 0.662. The average Bonchev–Trinajstić information content (AvgIpc) is 2.89. The van der Waals surface area contributed by atoms with E-state index in [4.69, 9.17) is 0 Å². The standard InChI is InChI=1S/C12H15N3/c1-2-15-7-9-3-11(15)4-12(9)10-5-13-8-14-6-10/h4-6,8-9,11H,2-3,7H2,1H3. The molecule has 0 saturated carbocycles. The van der Waals surface area contributed by atoms with Crippen molar-refractivity contribution in [3.05, 3.63) is 30.4 Å². The van der Waals surface area contributed by atoms with E-state index < -0.39 is 0 Å². The first kappa shape index (κ1) is 9.04. The molecule has 1 aliphatic carbocycles. The maximum absolute atomic E-state index is 4.09. The first-order valence-corrected chi connectivity index (χ1v) is 5.59. The summed E-state index contributed by atoms with van der Waals surface area (Å²) in [6.07, 6.45) is 9.13. The van der Waals surface area contributed by atoms with Crippen LogP contribution in [0.15, 0.2) is 24.8 Å². The number of rotatable bonds is 2. The van der Waals surface area contributed by atoms with Crippen LogP contribution in [-0.4, -0.2) is 34.0 Å². The molecule has 0 radical (unpaired) electrons. The Bertz CT molecular complexity index is 385. The SMILES string of the molecule is CCN1CC2CC1C=C2c1cncnc1. The molecule has 1 aliphatic heterocycles. The quantitative estimate of drug-likeness (QED) is 0.727. The van der Waals surface area contributed by atoms with Crippen molar-refractivity contribution in [3.8, 4) is 0 Å². The van der Waals surface area contributed by atoms with Gasteiger partial charge in [0.2, 0.25) is 0 Å². The normalized spacial score (nSPS) is 29.5. The summed E-state index contributed by atoms with van der Waals surface area (Å²) < 4.78 is 0. The Morgan fingerprint density at radius 1 is 1.40 bits per heavy atom. The highest BCUT2D eigenvalue weighted by Gasteiger charge is 2.38. The number of nitrogens with zero attached hydrogens (tertiary/aromatic N) is 3. The lowest BCUT2D eigenvalue weighted by atomic mass is 9.98.